The molecule has 0 spiro atoms. The first-order chi connectivity index (χ1) is 8.58. The quantitative estimate of drug-likeness (QED) is 0.763. The Morgan fingerprint density at radius 2 is 1.95 bits per heavy atom. The molecule has 8 heteroatoms. The van der Waals surface area contributed by atoms with Crippen molar-refractivity contribution in [2.45, 2.75) is 57.5 Å². The molecule has 0 saturated carbocycles. The highest BCUT2D eigenvalue weighted by Gasteiger charge is 2.43. The summed E-state index contributed by atoms with van der Waals surface area (Å²) in [5, 5.41) is 0. The van der Waals surface area contributed by atoms with Crippen LogP contribution in [0.3, 0.4) is 0 Å². The fraction of sp³-hybridized carbons (Fsp3) is 0.909. The van der Waals surface area contributed by atoms with E-state index in [1.54, 1.807) is 20.8 Å². The lowest BCUT2D eigenvalue weighted by Gasteiger charge is -2.31. The number of hydrogen-bond donors (Lipinski definition) is 2. The van der Waals surface area contributed by atoms with Crippen molar-refractivity contribution >= 4 is 6.09 Å². The molecule has 1 aliphatic heterocycles. The van der Waals surface area contributed by atoms with E-state index in [9.17, 15) is 18.0 Å². The van der Waals surface area contributed by atoms with Gasteiger partial charge < -0.3 is 9.47 Å². The van der Waals surface area contributed by atoms with Crippen molar-refractivity contribution < 1.29 is 27.4 Å². The zero-order valence-electron chi connectivity index (χ0n) is 11.1. The fourth-order valence-corrected chi connectivity index (χ4v) is 1.62. The summed E-state index contributed by atoms with van der Waals surface area (Å²) in [4.78, 5) is 11.3. The Morgan fingerprint density at radius 3 is 2.47 bits per heavy atom. The lowest BCUT2D eigenvalue weighted by atomic mass is 10.0. The van der Waals surface area contributed by atoms with Gasteiger partial charge in [-0.2, -0.15) is 13.2 Å². The Kier molecular flexibility index (Phi) is 5.03. The molecule has 2 atom stereocenters. The van der Waals surface area contributed by atoms with Crippen LogP contribution in [-0.4, -0.2) is 36.6 Å². The summed E-state index contributed by atoms with van der Waals surface area (Å²) in [5.41, 5.74) is 4.13. The third kappa shape index (κ3) is 6.11. The van der Waals surface area contributed by atoms with Crippen LogP contribution in [-0.2, 0) is 9.47 Å². The summed E-state index contributed by atoms with van der Waals surface area (Å²) in [6, 6.07) is -0.493. The highest BCUT2D eigenvalue weighted by atomic mass is 19.4. The fourth-order valence-electron chi connectivity index (χ4n) is 1.62. The van der Waals surface area contributed by atoms with Gasteiger partial charge in [0.05, 0.1) is 0 Å². The molecule has 0 aliphatic carbocycles. The Bertz CT molecular complexity index is 315. The molecule has 1 saturated heterocycles. The Morgan fingerprint density at radius 1 is 1.32 bits per heavy atom. The van der Waals surface area contributed by atoms with Gasteiger partial charge in [0.1, 0.15) is 5.60 Å². The Balaban J connectivity index is 2.35. The number of carbonyl (C=O) groups is 1. The molecule has 112 valence electrons. The number of carbonyl (C=O) groups excluding carboxylic acids is 1. The maximum Gasteiger partial charge on any atom is 0.422 e. The number of hydrogen-bond acceptors (Lipinski definition) is 4. The standard InChI is InChI=1S/C11H19F3N2O3/c1-10(2,3)19-9(17)16-15-7-4-5-18-8(6-7)11(12,13)14/h7-8,15H,4-6H2,1-3H3,(H,16,17). The van der Waals surface area contributed by atoms with Crippen molar-refractivity contribution in [3.8, 4) is 0 Å². The minimum atomic E-state index is -4.38. The molecule has 0 bridgehead atoms. The highest BCUT2D eigenvalue weighted by Crippen LogP contribution is 2.29. The molecule has 2 unspecified atom stereocenters. The zero-order chi connectivity index (χ0) is 14.7. The van der Waals surface area contributed by atoms with Gasteiger partial charge in [0.2, 0.25) is 0 Å². The highest BCUT2D eigenvalue weighted by molar-refractivity contribution is 5.67. The predicted octanol–water partition coefficient (Wildman–Crippen LogP) is 2.13. The first-order valence-corrected chi connectivity index (χ1v) is 6.01. The average molecular weight is 284 g/mol. The summed E-state index contributed by atoms with van der Waals surface area (Å²) in [7, 11) is 0. The zero-order valence-corrected chi connectivity index (χ0v) is 11.1. The first-order valence-electron chi connectivity index (χ1n) is 6.01. The number of ether oxygens (including phenoxy) is 2. The molecule has 0 aromatic heterocycles. The van der Waals surface area contributed by atoms with E-state index in [0.717, 1.165) is 0 Å². The van der Waals surface area contributed by atoms with E-state index in [1.165, 1.54) is 0 Å². The van der Waals surface area contributed by atoms with Crippen LogP contribution < -0.4 is 10.9 Å². The van der Waals surface area contributed by atoms with Crippen LogP contribution in [0.5, 0.6) is 0 Å². The van der Waals surface area contributed by atoms with E-state index in [-0.39, 0.29) is 13.0 Å². The van der Waals surface area contributed by atoms with Crippen molar-refractivity contribution in [2.75, 3.05) is 6.61 Å². The van der Waals surface area contributed by atoms with E-state index < -0.39 is 30.0 Å². The minimum absolute atomic E-state index is 0.00214. The SMILES string of the molecule is CC(C)(C)OC(=O)NNC1CCOC(C(F)(F)F)C1. The van der Waals surface area contributed by atoms with Gasteiger partial charge in [0.25, 0.3) is 0 Å². The van der Waals surface area contributed by atoms with Gasteiger partial charge in [-0.25, -0.2) is 10.2 Å². The summed E-state index contributed by atoms with van der Waals surface area (Å²) in [5.74, 6) is 0. The number of amides is 1. The van der Waals surface area contributed by atoms with Gasteiger partial charge in [-0.15, -0.1) is 0 Å². The van der Waals surface area contributed by atoms with Crippen molar-refractivity contribution in [1.29, 1.82) is 0 Å². The third-order valence-electron chi connectivity index (χ3n) is 2.43. The number of rotatable bonds is 2. The van der Waals surface area contributed by atoms with Crippen LogP contribution >= 0.6 is 0 Å². The molecule has 0 aromatic carbocycles. The third-order valence-corrected chi connectivity index (χ3v) is 2.43. The number of hydrazine groups is 1. The van der Waals surface area contributed by atoms with Crippen LogP contribution in [0.2, 0.25) is 0 Å². The summed E-state index contributed by atoms with van der Waals surface area (Å²) < 4.78 is 47.0. The summed E-state index contributed by atoms with van der Waals surface area (Å²) >= 11 is 0. The van der Waals surface area contributed by atoms with Gasteiger partial charge in [-0.3, -0.25) is 5.43 Å². The molecule has 5 nitrogen and oxygen atoms in total. The van der Waals surface area contributed by atoms with Crippen molar-refractivity contribution in [3.63, 3.8) is 0 Å². The van der Waals surface area contributed by atoms with Gasteiger partial charge in [0.15, 0.2) is 6.10 Å². The summed E-state index contributed by atoms with van der Waals surface area (Å²) in [6.07, 6.45) is -6.74. The number of nitrogens with one attached hydrogen (secondary N) is 2. The van der Waals surface area contributed by atoms with Crippen LogP contribution in [0, 0.1) is 0 Å². The molecule has 1 aliphatic rings. The molecule has 0 aromatic rings. The van der Waals surface area contributed by atoms with Gasteiger partial charge >= 0.3 is 12.3 Å². The second-order valence-corrected chi connectivity index (χ2v) is 5.39. The number of halogens is 3. The molecule has 1 heterocycles. The second-order valence-electron chi connectivity index (χ2n) is 5.39. The topological polar surface area (TPSA) is 59.6 Å². The Hall–Kier alpha value is -1.02. The normalized spacial score (nSPS) is 24.9. The van der Waals surface area contributed by atoms with E-state index in [2.05, 4.69) is 15.6 Å². The Labute approximate surface area is 109 Å². The smallest absolute Gasteiger partial charge is 0.422 e. The molecular formula is C11H19F3N2O3. The molecular weight excluding hydrogens is 265 g/mol. The largest absolute Gasteiger partial charge is 0.443 e. The van der Waals surface area contributed by atoms with Crippen LogP contribution in [0.1, 0.15) is 33.6 Å². The molecule has 19 heavy (non-hydrogen) atoms. The molecule has 1 amide bonds. The minimum Gasteiger partial charge on any atom is -0.443 e. The van der Waals surface area contributed by atoms with Crippen LogP contribution in [0.25, 0.3) is 0 Å². The maximum atomic E-state index is 12.5. The van der Waals surface area contributed by atoms with Crippen molar-refractivity contribution in [3.05, 3.63) is 0 Å². The van der Waals surface area contributed by atoms with E-state index in [0.29, 0.717) is 6.42 Å². The van der Waals surface area contributed by atoms with Crippen LogP contribution in [0.15, 0.2) is 0 Å². The van der Waals surface area contributed by atoms with Gasteiger partial charge in [-0.1, -0.05) is 0 Å². The number of alkyl halides is 3. The van der Waals surface area contributed by atoms with Crippen LogP contribution in [0.4, 0.5) is 18.0 Å². The van der Waals surface area contributed by atoms with E-state index in [1.807, 2.05) is 0 Å². The average Bonchev–Trinajstić information content (AvgIpc) is 2.23. The predicted molar refractivity (Wildman–Crippen MR) is 61.3 cm³/mol. The van der Waals surface area contributed by atoms with E-state index >= 15 is 0 Å². The maximum absolute atomic E-state index is 12.5. The molecule has 0 radical (unpaired) electrons. The summed E-state index contributed by atoms with van der Waals surface area (Å²) in [6.45, 7) is 5.08. The van der Waals surface area contributed by atoms with E-state index in [4.69, 9.17) is 4.74 Å². The van der Waals surface area contributed by atoms with Crippen molar-refractivity contribution in [1.82, 2.24) is 10.9 Å². The lowest BCUT2D eigenvalue weighted by Crippen LogP contribution is -2.51. The van der Waals surface area contributed by atoms with Crippen molar-refractivity contribution in [2.24, 2.45) is 0 Å². The molecule has 1 rings (SSSR count). The first kappa shape index (κ1) is 16.0. The second kappa shape index (κ2) is 5.96. The molecule has 1 fully saturated rings. The monoisotopic (exact) mass is 284 g/mol. The lowest BCUT2D eigenvalue weighted by molar-refractivity contribution is -0.232. The molecule has 2 N–H and O–H groups in total. The van der Waals surface area contributed by atoms with Gasteiger partial charge in [-0.05, 0) is 33.6 Å². The van der Waals surface area contributed by atoms with Gasteiger partial charge in [0, 0.05) is 12.6 Å².